The number of nitrogens with zero attached hydrogens (tertiary/aromatic N) is 2. The lowest BCUT2D eigenvalue weighted by Gasteiger charge is -2.08. The van der Waals surface area contributed by atoms with E-state index in [4.69, 9.17) is 13.9 Å². The van der Waals surface area contributed by atoms with Crippen molar-refractivity contribution < 1.29 is 23.5 Å². The molecule has 0 spiro atoms. The monoisotopic (exact) mass is 443 g/mol. The summed E-state index contributed by atoms with van der Waals surface area (Å²) in [6, 6.07) is 23.0. The second-order valence-electron chi connectivity index (χ2n) is 6.94. The van der Waals surface area contributed by atoms with Gasteiger partial charge in [-0.3, -0.25) is 4.79 Å². The predicted octanol–water partition coefficient (Wildman–Crippen LogP) is 4.60. The molecule has 1 heterocycles. The van der Waals surface area contributed by atoms with Crippen LogP contribution >= 0.6 is 0 Å². The molecule has 1 N–H and O–H groups in total. The molecular weight excluding hydrogens is 422 g/mol. The predicted molar refractivity (Wildman–Crippen MR) is 122 cm³/mol. The van der Waals surface area contributed by atoms with E-state index < -0.39 is 5.97 Å². The van der Waals surface area contributed by atoms with Crippen LogP contribution in [-0.2, 0) is 9.53 Å². The number of amides is 1. The first-order chi connectivity index (χ1) is 16.1. The molecule has 166 valence electrons. The average Bonchev–Trinajstić information content (AvgIpc) is 3.35. The molecule has 1 amide bonds. The quantitative estimate of drug-likeness (QED) is 0.397. The zero-order valence-corrected chi connectivity index (χ0v) is 17.9. The van der Waals surface area contributed by atoms with Gasteiger partial charge in [-0.25, -0.2) is 4.79 Å². The summed E-state index contributed by atoms with van der Waals surface area (Å²) in [5.41, 5.74) is 2.56. The van der Waals surface area contributed by atoms with E-state index in [2.05, 4.69) is 15.5 Å². The van der Waals surface area contributed by atoms with Gasteiger partial charge in [0.1, 0.15) is 5.75 Å². The fraction of sp³-hybridized carbons (Fsp3) is 0.120. The number of hydrogen-bond donors (Lipinski definition) is 1. The molecule has 0 radical (unpaired) electrons. The Morgan fingerprint density at radius 2 is 1.48 bits per heavy atom. The van der Waals surface area contributed by atoms with Crippen molar-refractivity contribution in [2.75, 3.05) is 18.5 Å². The molecule has 0 aliphatic rings. The Morgan fingerprint density at radius 1 is 0.848 bits per heavy atom. The smallest absolute Gasteiger partial charge is 0.338 e. The van der Waals surface area contributed by atoms with Gasteiger partial charge in [0.05, 0.1) is 12.2 Å². The number of rotatable bonds is 8. The zero-order valence-electron chi connectivity index (χ0n) is 17.9. The number of carbonyl (C=O) groups is 2. The molecule has 33 heavy (non-hydrogen) atoms. The van der Waals surface area contributed by atoms with E-state index in [9.17, 15) is 9.59 Å². The van der Waals surface area contributed by atoms with Crippen molar-refractivity contribution in [3.8, 4) is 28.7 Å². The van der Waals surface area contributed by atoms with Gasteiger partial charge in [-0.05, 0) is 67.6 Å². The van der Waals surface area contributed by atoms with Crippen molar-refractivity contribution in [2.45, 2.75) is 6.92 Å². The third-order valence-corrected chi connectivity index (χ3v) is 4.60. The minimum atomic E-state index is -0.404. The highest BCUT2D eigenvalue weighted by Crippen LogP contribution is 2.25. The summed E-state index contributed by atoms with van der Waals surface area (Å²) in [7, 11) is 0. The topological polar surface area (TPSA) is 104 Å². The first-order valence-electron chi connectivity index (χ1n) is 10.3. The third-order valence-electron chi connectivity index (χ3n) is 4.60. The number of aromatic nitrogens is 2. The zero-order chi connectivity index (χ0) is 23.0. The maximum absolute atomic E-state index is 12.2. The highest BCUT2D eigenvalue weighted by molar-refractivity contribution is 5.93. The van der Waals surface area contributed by atoms with Crippen molar-refractivity contribution in [1.29, 1.82) is 0 Å². The second kappa shape index (κ2) is 10.2. The summed E-state index contributed by atoms with van der Waals surface area (Å²) in [6.07, 6.45) is 0. The Kier molecular flexibility index (Phi) is 6.75. The van der Waals surface area contributed by atoms with Gasteiger partial charge in [-0.1, -0.05) is 18.2 Å². The Bertz CT molecular complexity index is 1220. The molecule has 0 aliphatic heterocycles. The lowest BCUT2D eigenvalue weighted by molar-refractivity contribution is -0.118. The largest absolute Gasteiger partial charge is 0.484 e. The highest BCUT2D eigenvalue weighted by Gasteiger charge is 2.11. The van der Waals surface area contributed by atoms with Crippen molar-refractivity contribution in [3.05, 3.63) is 84.4 Å². The summed E-state index contributed by atoms with van der Waals surface area (Å²) in [5, 5.41) is 10.9. The molecule has 4 aromatic rings. The van der Waals surface area contributed by atoms with Crippen LogP contribution in [0, 0.1) is 0 Å². The van der Waals surface area contributed by atoms with Gasteiger partial charge in [0.2, 0.25) is 11.8 Å². The van der Waals surface area contributed by atoms with Crippen LogP contribution in [0.4, 0.5) is 5.69 Å². The van der Waals surface area contributed by atoms with Crippen LogP contribution in [0.2, 0.25) is 0 Å². The van der Waals surface area contributed by atoms with Gasteiger partial charge in [0, 0.05) is 16.8 Å². The van der Waals surface area contributed by atoms with Crippen LogP contribution in [-0.4, -0.2) is 35.3 Å². The summed E-state index contributed by atoms with van der Waals surface area (Å²) < 4.78 is 16.2. The van der Waals surface area contributed by atoms with E-state index in [-0.39, 0.29) is 12.5 Å². The first-order valence-corrected chi connectivity index (χ1v) is 10.3. The summed E-state index contributed by atoms with van der Waals surface area (Å²) in [4.78, 5) is 23.8. The van der Waals surface area contributed by atoms with Crippen molar-refractivity contribution in [3.63, 3.8) is 0 Å². The summed E-state index contributed by atoms with van der Waals surface area (Å²) in [5.74, 6) is 0.628. The van der Waals surface area contributed by atoms with E-state index >= 15 is 0 Å². The van der Waals surface area contributed by atoms with E-state index in [0.29, 0.717) is 35.4 Å². The number of benzene rings is 3. The van der Waals surface area contributed by atoms with Gasteiger partial charge in [-0.15, -0.1) is 10.2 Å². The fourth-order valence-corrected chi connectivity index (χ4v) is 2.98. The molecule has 8 nitrogen and oxygen atoms in total. The Morgan fingerprint density at radius 3 is 2.12 bits per heavy atom. The molecule has 1 aromatic heterocycles. The van der Waals surface area contributed by atoms with Crippen LogP contribution in [0.25, 0.3) is 22.9 Å². The SMILES string of the molecule is CCOC(=O)c1ccc(NC(=O)COc2ccc(-c3nnc(-c4ccccc4)o3)cc2)cc1. The van der Waals surface area contributed by atoms with Gasteiger partial charge >= 0.3 is 5.97 Å². The maximum Gasteiger partial charge on any atom is 0.338 e. The number of anilines is 1. The molecule has 3 aromatic carbocycles. The normalized spacial score (nSPS) is 10.5. The molecule has 0 unspecified atom stereocenters. The second-order valence-corrected chi connectivity index (χ2v) is 6.94. The molecular formula is C25H21N3O5. The van der Waals surface area contributed by atoms with E-state index in [1.807, 2.05) is 30.3 Å². The van der Waals surface area contributed by atoms with Crippen molar-refractivity contribution in [2.24, 2.45) is 0 Å². The van der Waals surface area contributed by atoms with E-state index in [1.54, 1.807) is 55.5 Å². The molecule has 0 saturated heterocycles. The Balaban J connectivity index is 1.30. The van der Waals surface area contributed by atoms with Gasteiger partial charge in [-0.2, -0.15) is 0 Å². The minimum absolute atomic E-state index is 0.169. The molecule has 0 saturated carbocycles. The minimum Gasteiger partial charge on any atom is -0.484 e. The fourth-order valence-electron chi connectivity index (χ4n) is 2.98. The van der Waals surface area contributed by atoms with E-state index in [1.165, 1.54) is 0 Å². The molecule has 0 fully saturated rings. The first kappa shape index (κ1) is 21.8. The average molecular weight is 443 g/mol. The van der Waals surface area contributed by atoms with Crippen LogP contribution in [0.5, 0.6) is 5.75 Å². The summed E-state index contributed by atoms with van der Waals surface area (Å²) in [6.45, 7) is 1.88. The van der Waals surface area contributed by atoms with Crippen LogP contribution in [0.3, 0.4) is 0 Å². The number of carbonyl (C=O) groups excluding carboxylic acids is 2. The molecule has 4 rings (SSSR count). The van der Waals surface area contributed by atoms with Crippen molar-refractivity contribution in [1.82, 2.24) is 10.2 Å². The van der Waals surface area contributed by atoms with Crippen LogP contribution in [0.1, 0.15) is 17.3 Å². The van der Waals surface area contributed by atoms with Gasteiger partial charge in [0.25, 0.3) is 5.91 Å². The third kappa shape index (κ3) is 5.62. The van der Waals surface area contributed by atoms with Crippen LogP contribution < -0.4 is 10.1 Å². The Hall–Kier alpha value is -4.46. The van der Waals surface area contributed by atoms with E-state index in [0.717, 1.165) is 11.1 Å². The molecule has 0 bridgehead atoms. The molecule has 0 atom stereocenters. The highest BCUT2D eigenvalue weighted by atomic mass is 16.5. The van der Waals surface area contributed by atoms with Crippen molar-refractivity contribution >= 4 is 17.6 Å². The molecule has 8 heteroatoms. The van der Waals surface area contributed by atoms with Crippen LogP contribution in [0.15, 0.2) is 83.3 Å². The lowest BCUT2D eigenvalue weighted by Crippen LogP contribution is -2.20. The maximum atomic E-state index is 12.2. The van der Waals surface area contributed by atoms with Gasteiger partial charge < -0.3 is 19.2 Å². The molecule has 0 aliphatic carbocycles. The number of hydrogen-bond acceptors (Lipinski definition) is 7. The number of esters is 1. The number of ether oxygens (including phenoxy) is 2. The lowest BCUT2D eigenvalue weighted by atomic mass is 10.2. The van der Waals surface area contributed by atoms with Gasteiger partial charge in [0.15, 0.2) is 6.61 Å². The summed E-state index contributed by atoms with van der Waals surface area (Å²) >= 11 is 0. The standard InChI is InChI=1S/C25H21N3O5/c1-2-31-25(30)19-8-12-20(13-9-19)26-22(29)16-32-21-14-10-18(11-15-21)24-28-27-23(33-24)17-6-4-3-5-7-17/h3-15H,2,16H2,1H3,(H,26,29). The number of nitrogens with one attached hydrogen (secondary N) is 1. The Labute approximate surface area is 190 Å².